The van der Waals surface area contributed by atoms with Crippen molar-refractivity contribution in [1.29, 1.82) is 0 Å². The van der Waals surface area contributed by atoms with Crippen LogP contribution >= 0.6 is 11.8 Å². The molecule has 0 saturated carbocycles. The van der Waals surface area contributed by atoms with Gasteiger partial charge < -0.3 is 15.2 Å². The molecule has 0 bridgehead atoms. The summed E-state index contributed by atoms with van der Waals surface area (Å²) in [4.78, 5) is 24.9. The van der Waals surface area contributed by atoms with Gasteiger partial charge in [-0.2, -0.15) is 0 Å². The van der Waals surface area contributed by atoms with E-state index in [1.807, 2.05) is 63.2 Å². The van der Waals surface area contributed by atoms with Gasteiger partial charge in [-0.25, -0.2) is 0 Å². The second kappa shape index (κ2) is 10.8. The smallest absolute Gasteiger partial charge is 0.234 e. The maximum atomic E-state index is 12.5. The van der Waals surface area contributed by atoms with E-state index >= 15 is 0 Å². The molecule has 1 heterocycles. The molecule has 0 aliphatic carbocycles. The Hall–Kier alpha value is -3.39. The lowest BCUT2D eigenvalue weighted by Crippen LogP contribution is -2.18. The van der Waals surface area contributed by atoms with Gasteiger partial charge >= 0.3 is 0 Å². The fraction of sp³-hybridized carbons (Fsp3) is 0.250. The first kappa shape index (κ1) is 23.3. The van der Waals surface area contributed by atoms with Crippen molar-refractivity contribution in [3.63, 3.8) is 0 Å². The van der Waals surface area contributed by atoms with Gasteiger partial charge in [-0.1, -0.05) is 42.1 Å². The summed E-state index contributed by atoms with van der Waals surface area (Å²) in [5.74, 6) is 0.386. The first-order chi connectivity index (χ1) is 15.4. The number of aromatic nitrogens is 3. The van der Waals surface area contributed by atoms with E-state index in [4.69, 9.17) is 0 Å². The first-order valence-corrected chi connectivity index (χ1v) is 11.2. The van der Waals surface area contributed by atoms with Crippen LogP contribution in [0.3, 0.4) is 0 Å². The monoisotopic (exact) mass is 449 g/mol. The Kier molecular flexibility index (Phi) is 7.83. The van der Waals surface area contributed by atoms with Gasteiger partial charge in [0.15, 0.2) is 5.16 Å². The number of amides is 2. The number of carbonyl (C=O) groups excluding carboxylic acids is 2. The average Bonchev–Trinajstić information content (AvgIpc) is 3.12. The number of nitrogens with zero attached hydrogens (tertiary/aromatic N) is 3. The molecule has 0 unspecified atom stereocenters. The minimum absolute atomic E-state index is 0.0740. The summed E-state index contributed by atoms with van der Waals surface area (Å²) in [6.07, 6.45) is 1.79. The molecule has 0 aliphatic heterocycles. The van der Waals surface area contributed by atoms with Crippen molar-refractivity contribution in [2.75, 3.05) is 16.4 Å². The number of allylic oxidation sites excluding steroid dienone is 1. The summed E-state index contributed by atoms with van der Waals surface area (Å²) in [6.45, 7) is 10.2. The van der Waals surface area contributed by atoms with E-state index < -0.39 is 0 Å². The van der Waals surface area contributed by atoms with Gasteiger partial charge in [-0.3, -0.25) is 9.59 Å². The van der Waals surface area contributed by atoms with Crippen LogP contribution in [0.2, 0.25) is 0 Å². The van der Waals surface area contributed by atoms with E-state index in [1.54, 1.807) is 10.6 Å². The largest absolute Gasteiger partial charge is 0.325 e. The minimum atomic E-state index is -0.180. The molecule has 0 saturated heterocycles. The normalized spacial score (nSPS) is 10.6. The van der Waals surface area contributed by atoms with Gasteiger partial charge in [0.25, 0.3) is 0 Å². The molecule has 0 atom stereocenters. The minimum Gasteiger partial charge on any atom is -0.325 e. The number of thioether (sulfide) groups is 1. The Morgan fingerprint density at radius 2 is 1.78 bits per heavy atom. The van der Waals surface area contributed by atoms with Crippen molar-refractivity contribution in [1.82, 2.24) is 14.8 Å². The molecule has 2 amide bonds. The lowest BCUT2D eigenvalue weighted by atomic mass is 10.1. The number of hydrogen-bond acceptors (Lipinski definition) is 5. The van der Waals surface area contributed by atoms with Crippen LogP contribution < -0.4 is 10.6 Å². The zero-order valence-corrected chi connectivity index (χ0v) is 19.3. The van der Waals surface area contributed by atoms with E-state index in [2.05, 4.69) is 27.4 Å². The van der Waals surface area contributed by atoms with E-state index in [1.165, 1.54) is 17.3 Å². The Bertz CT molecular complexity index is 1140. The van der Waals surface area contributed by atoms with Gasteiger partial charge in [0.2, 0.25) is 11.8 Å². The molecule has 32 heavy (non-hydrogen) atoms. The highest BCUT2D eigenvalue weighted by molar-refractivity contribution is 7.99. The van der Waals surface area contributed by atoms with Crippen molar-refractivity contribution >= 4 is 35.0 Å². The summed E-state index contributed by atoms with van der Waals surface area (Å²) in [5, 5.41) is 14.7. The Labute approximate surface area is 192 Å². The number of para-hydroxylation sites is 1. The van der Waals surface area contributed by atoms with Crippen LogP contribution in [-0.4, -0.2) is 32.3 Å². The van der Waals surface area contributed by atoms with Gasteiger partial charge in [0.05, 0.1) is 12.2 Å². The van der Waals surface area contributed by atoms with Crippen molar-refractivity contribution in [2.45, 2.75) is 38.9 Å². The summed E-state index contributed by atoms with van der Waals surface area (Å²) >= 11 is 1.27. The van der Waals surface area contributed by atoms with Crippen molar-refractivity contribution in [3.05, 3.63) is 77.6 Å². The highest BCUT2D eigenvalue weighted by Gasteiger charge is 2.17. The molecule has 8 heteroatoms. The van der Waals surface area contributed by atoms with E-state index in [0.717, 1.165) is 22.5 Å². The Balaban J connectivity index is 1.62. The van der Waals surface area contributed by atoms with Crippen LogP contribution in [0.5, 0.6) is 0 Å². The average molecular weight is 450 g/mol. The van der Waals surface area contributed by atoms with E-state index in [9.17, 15) is 9.59 Å². The first-order valence-electron chi connectivity index (χ1n) is 10.3. The summed E-state index contributed by atoms with van der Waals surface area (Å²) in [6, 6.07) is 13.4. The van der Waals surface area contributed by atoms with Gasteiger partial charge in [0.1, 0.15) is 5.82 Å². The zero-order valence-electron chi connectivity index (χ0n) is 18.5. The highest BCUT2D eigenvalue weighted by atomic mass is 32.2. The van der Waals surface area contributed by atoms with Crippen LogP contribution in [0.4, 0.5) is 11.4 Å². The van der Waals surface area contributed by atoms with E-state index in [0.29, 0.717) is 17.5 Å². The maximum Gasteiger partial charge on any atom is 0.234 e. The second-order valence-corrected chi connectivity index (χ2v) is 8.42. The Morgan fingerprint density at radius 1 is 1.00 bits per heavy atom. The van der Waals surface area contributed by atoms with Crippen molar-refractivity contribution in [3.8, 4) is 0 Å². The van der Waals surface area contributed by atoms with Gasteiger partial charge in [-0.05, 0) is 55.7 Å². The van der Waals surface area contributed by atoms with Crippen LogP contribution in [0, 0.1) is 20.8 Å². The summed E-state index contributed by atoms with van der Waals surface area (Å²) in [5.41, 5.74) is 4.81. The van der Waals surface area contributed by atoms with Gasteiger partial charge in [0, 0.05) is 17.9 Å². The number of hydrogen-bond donors (Lipinski definition) is 2. The number of anilines is 2. The number of nitrogens with one attached hydrogen (secondary N) is 2. The van der Waals surface area contributed by atoms with Gasteiger partial charge in [-0.15, -0.1) is 16.8 Å². The summed E-state index contributed by atoms with van der Waals surface area (Å²) < 4.78 is 1.80. The molecule has 166 valence electrons. The van der Waals surface area contributed by atoms with Crippen LogP contribution in [-0.2, 0) is 22.6 Å². The quantitative estimate of drug-likeness (QED) is 0.376. The molecule has 2 aromatic carbocycles. The number of carbonyl (C=O) groups is 2. The molecule has 1 aromatic heterocycles. The second-order valence-electron chi connectivity index (χ2n) is 7.47. The lowest BCUT2D eigenvalue weighted by Gasteiger charge is -2.10. The van der Waals surface area contributed by atoms with Crippen molar-refractivity contribution in [2.24, 2.45) is 0 Å². The fourth-order valence-corrected chi connectivity index (χ4v) is 3.83. The molecule has 0 radical (unpaired) electrons. The Morgan fingerprint density at radius 3 is 2.50 bits per heavy atom. The van der Waals surface area contributed by atoms with Crippen LogP contribution in [0.25, 0.3) is 0 Å². The number of rotatable bonds is 9. The molecule has 7 nitrogen and oxygen atoms in total. The molecule has 0 fully saturated rings. The summed E-state index contributed by atoms with van der Waals surface area (Å²) in [7, 11) is 0. The number of benzene rings is 2. The third kappa shape index (κ3) is 6.07. The molecule has 3 rings (SSSR count). The molecule has 0 spiro atoms. The lowest BCUT2D eigenvalue weighted by molar-refractivity contribution is -0.116. The predicted octanol–water partition coefficient (Wildman–Crippen LogP) is 4.30. The third-order valence-corrected chi connectivity index (χ3v) is 5.93. The molecular weight excluding hydrogens is 422 g/mol. The molecule has 2 N–H and O–H groups in total. The SMILES string of the molecule is C=CCn1c(CC(=O)Nc2ccccc2C)nnc1SCC(=O)Nc1ccc(C)c(C)c1. The molecule has 0 aliphatic rings. The maximum absolute atomic E-state index is 12.5. The highest BCUT2D eigenvalue weighted by Crippen LogP contribution is 2.20. The fourth-order valence-electron chi connectivity index (χ4n) is 3.07. The standard InChI is InChI=1S/C24H27N5O2S/c1-5-12-29-21(14-22(30)26-20-9-7-6-8-17(20)3)27-28-24(29)32-15-23(31)25-19-11-10-16(2)18(4)13-19/h5-11,13H,1,12,14-15H2,2-4H3,(H,25,31)(H,26,30). The third-order valence-electron chi connectivity index (χ3n) is 4.97. The predicted molar refractivity (Wildman–Crippen MR) is 129 cm³/mol. The van der Waals surface area contributed by atoms with E-state index in [-0.39, 0.29) is 24.0 Å². The number of aryl methyl sites for hydroxylation is 3. The topological polar surface area (TPSA) is 88.9 Å². The zero-order chi connectivity index (χ0) is 23.1. The molecule has 3 aromatic rings. The van der Waals surface area contributed by atoms with Crippen LogP contribution in [0.15, 0.2) is 60.3 Å². The van der Waals surface area contributed by atoms with Crippen molar-refractivity contribution < 1.29 is 9.59 Å². The molecular formula is C24H27N5O2S. The van der Waals surface area contributed by atoms with Crippen LogP contribution in [0.1, 0.15) is 22.5 Å².